The van der Waals surface area contributed by atoms with Gasteiger partial charge in [0.25, 0.3) is 0 Å². The van der Waals surface area contributed by atoms with Crippen molar-refractivity contribution in [1.29, 1.82) is 0 Å². The van der Waals surface area contributed by atoms with Crippen LogP contribution in [0.25, 0.3) is 11.4 Å². The Balaban J connectivity index is 2.66. The first-order valence-corrected chi connectivity index (χ1v) is 7.86. The molecule has 0 amide bonds. The number of anilines is 1. The fourth-order valence-electron chi connectivity index (χ4n) is 2.12. The van der Waals surface area contributed by atoms with Crippen molar-refractivity contribution in [2.24, 2.45) is 0 Å². The van der Waals surface area contributed by atoms with Crippen LogP contribution in [0.2, 0.25) is 0 Å². The highest BCUT2D eigenvalue weighted by atomic mass is 79.9. The molecule has 0 saturated carbocycles. The molecular weight excluding hydrogens is 326 g/mol. The summed E-state index contributed by atoms with van der Waals surface area (Å²) in [5.74, 6) is 1.58. The Morgan fingerprint density at radius 3 is 2.24 bits per heavy atom. The first-order chi connectivity index (χ1) is 9.74. The van der Waals surface area contributed by atoms with Crippen molar-refractivity contribution in [2.75, 3.05) is 12.4 Å². The summed E-state index contributed by atoms with van der Waals surface area (Å²) in [6, 6.07) is 6.34. The summed E-state index contributed by atoms with van der Waals surface area (Å²) in [6.45, 7) is 10.7. The van der Waals surface area contributed by atoms with Crippen molar-refractivity contribution in [3.8, 4) is 11.4 Å². The summed E-state index contributed by atoms with van der Waals surface area (Å²) < 4.78 is 0.935. The molecule has 1 aromatic heterocycles. The van der Waals surface area contributed by atoms with Gasteiger partial charge in [0.15, 0.2) is 5.82 Å². The number of aryl methyl sites for hydroxylation is 2. The molecule has 1 N–H and O–H groups in total. The van der Waals surface area contributed by atoms with E-state index in [2.05, 4.69) is 79.0 Å². The summed E-state index contributed by atoms with van der Waals surface area (Å²) >= 11 is 3.62. The average molecular weight is 348 g/mol. The van der Waals surface area contributed by atoms with Crippen molar-refractivity contribution >= 4 is 21.7 Å². The lowest BCUT2D eigenvalue weighted by Gasteiger charge is -2.21. The van der Waals surface area contributed by atoms with Crippen LogP contribution in [0.3, 0.4) is 0 Å². The van der Waals surface area contributed by atoms with Crippen molar-refractivity contribution in [2.45, 2.75) is 40.0 Å². The molecule has 0 atom stereocenters. The first kappa shape index (κ1) is 16.0. The number of aromatic nitrogens is 2. The van der Waals surface area contributed by atoms with Gasteiger partial charge in [-0.25, -0.2) is 9.97 Å². The van der Waals surface area contributed by atoms with Gasteiger partial charge in [-0.2, -0.15) is 0 Å². The fraction of sp³-hybridized carbons (Fsp3) is 0.412. The molecule has 0 aliphatic rings. The van der Waals surface area contributed by atoms with Gasteiger partial charge >= 0.3 is 0 Å². The summed E-state index contributed by atoms with van der Waals surface area (Å²) in [6.07, 6.45) is 0. The van der Waals surface area contributed by atoms with Crippen molar-refractivity contribution in [3.63, 3.8) is 0 Å². The van der Waals surface area contributed by atoms with E-state index in [0.717, 1.165) is 27.4 Å². The summed E-state index contributed by atoms with van der Waals surface area (Å²) in [5.41, 5.74) is 4.53. The van der Waals surface area contributed by atoms with Crippen LogP contribution < -0.4 is 5.32 Å². The lowest BCUT2D eigenvalue weighted by Crippen LogP contribution is -2.17. The van der Waals surface area contributed by atoms with E-state index in [1.165, 1.54) is 11.1 Å². The zero-order valence-electron chi connectivity index (χ0n) is 13.5. The molecule has 0 aliphatic heterocycles. The van der Waals surface area contributed by atoms with Crippen LogP contribution in [0, 0.1) is 13.8 Å². The minimum Gasteiger partial charge on any atom is -0.372 e. The second kappa shape index (κ2) is 5.76. The maximum Gasteiger partial charge on any atom is 0.161 e. The normalized spacial score (nSPS) is 11.6. The van der Waals surface area contributed by atoms with Crippen LogP contribution in [0.4, 0.5) is 5.82 Å². The summed E-state index contributed by atoms with van der Waals surface area (Å²) in [7, 11) is 1.88. The number of benzene rings is 1. The number of hydrogen-bond donors (Lipinski definition) is 1. The molecule has 112 valence electrons. The zero-order chi connectivity index (χ0) is 15.8. The maximum atomic E-state index is 4.80. The van der Waals surface area contributed by atoms with Gasteiger partial charge in [-0.05, 0) is 47.0 Å². The predicted octanol–water partition coefficient (Wildman–Crippen LogP) is 4.86. The van der Waals surface area contributed by atoms with E-state index < -0.39 is 0 Å². The van der Waals surface area contributed by atoms with Gasteiger partial charge in [-0.15, -0.1) is 0 Å². The average Bonchev–Trinajstić information content (AvgIpc) is 2.41. The van der Waals surface area contributed by atoms with Crippen LogP contribution in [0.15, 0.2) is 22.7 Å². The molecule has 0 spiro atoms. The molecule has 3 nitrogen and oxygen atoms in total. The number of nitrogens with zero attached hydrogens (tertiary/aromatic N) is 2. The van der Waals surface area contributed by atoms with E-state index in [9.17, 15) is 0 Å². The van der Waals surface area contributed by atoms with Crippen LogP contribution >= 0.6 is 15.9 Å². The van der Waals surface area contributed by atoms with Gasteiger partial charge in [-0.3, -0.25) is 0 Å². The fourth-order valence-corrected chi connectivity index (χ4v) is 3.09. The molecule has 0 bridgehead atoms. The molecular formula is C17H22BrN3. The smallest absolute Gasteiger partial charge is 0.161 e. The molecule has 0 aliphatic carbocycles. The lowest BCUT2D eigenvalue weighted by atomic mass is 9.91. The van der Waals surface area contributed by atoms with E-state index in [1.807, 2.05) is 7.05 Å². The second-order valence-electron chi connectivity index (χ2n) is 6.36. The minimum absolute atomic E-state index is 0.0537. The predicted molar refractivity (Wildman–Crippen MR) is 92.9 cm³/mol. The van der Waals surface area contributed by atoms with Gasteiger partial charge in [0.2, 0.25) is 0 Å². The van der Waals surface area contributed by atoms with Gasteiger partial charge < -0.3 is 5.32 Å². The van der Waals surface area contributed by atoms with Crippen molar-refractivity contribution in [1.82, 2.24) is 9.97 Å². The summed E-state index contributed by atoms with van der Waals surface area (Å²) in [5, 5.41) is 3.15. The standard InChI is InChI=1S/C17H22BrN3/c1-10-7-8-12(9-11(10)2)15-20-14(17(3,4)5)13(18)16(19-6)21-15/h7-9H,1-6H3,(H,19,20,21). The van der Waals surface area contributed by atoms with E-state index in [4.69, 9.17) is 4.98 Å². The Morgan fingerprint density at radius 1 is 1.05 bits per heavy atom. The molecule has 1 aromatic carbocycles. The number of rotatable bonds is 2. The van der Waals surface area contributed by atoms with E-state index >= 15 is 0 Å². The highest BCUT2D eigenvalue weighted by Gasteiger charge is 2.23. The monoisotopic (exact) mass is 347 g/mol. The van der Waals surface area contributed by atoms with E-state index in [-0.39, 0.29) is 5.41 Å². The number of hydrogen-bond acceptors (Lipinski definition) is 3. The van der Waals surface area contributed by atoms with Crippen LogP contribution in [-0.2, 0) is 5.41 Å². The second-order valence-corrected chi connectivity index (χ2v) is 7.15. The van der Waals surface area contributed by atoms with Crippen molar-refractivity contribution < 1.29 is 0 Å². The Morgan fingerprint density at radius 2 is 1.71 bits per heavy atom. The molecule has 0 unspecified atom stereocenters. The van der Waals surface area contributed by atoms with E-state index in [0.29, 0.717) is 0 Å². The number of nitrogens with one attached hydrogen (secondary N) is 1. The highest BCUT2D eigenvalue weighted by molar-refractivity contribution is 9.10. The van der Waals surface area contributed by atoms with Gasteiger partial charge in [0.05, 0.1) is 10.2 Å². The third-order valence-electron chi connectivity index (χ3n) is 3.56. The van der Waals surface area contributed by atoms with Crippen LogP contribution in [0.5, 0.6) is 0 Å². The number of halogens is 1. The third kappa shape index (κ3) is 3.26. The third-order valence-corrected chi connectivity index (χ3v) is 4.31. The Kier molecular flexibility index (Phi) is 4.38. The molecule has 0 saturated heterocycles. The maximum absolute atomic E-state index is 4.80. The SMILES string of the molecule is CNc1nc(-c2ccc(C)c(C)c2)nc(C(C)(C)C)c1Br. The molecule has 2 aromatic rings. The lowest BCUT2D eigenvalue weighted by molar-refractivity contribution is 0.564. The van der Waals surface area contributed by atoms with Crippen LogP contribution in [-0.4, -0.2) is 17.0 Å². The Bertz CT molecular complexity index is 672. The highest BCUT2D eigenvalue weighted by Crippen LogP contribution is 2.34. The van der Waals surface area contributed by atoms with E-state index in [1.54, 1.807) is 0 Å². The molecule has 4 heteroatoms. The van der Waals surface area contributed by atoms with Gasteiger partial charge in [0.1, 0.15) is 5.82 Å². The molecule has 21 heavy (non-hydrogen) atoms. The molecule has 1 heterocycles. The van der Waals surface area contributed by atoms with Gasteiger partial charge in [0, 0.05) is 18.0 Å². The Hall–Kier alpha value is -1.42. The largest absolute Gasteiger partial charge is 0.372 e. The quantitative estimate of drug-likeness (QED) is 0.842. The first-order valence-electron chi connectivity index (χ1n) is 7.07. The molecule has 2 rings (SSSR count). The van der Waals surface area contributed by atoms with Crippen LogP contribution in [0.1, 0.15) is 37.6 Å². The zero-order valence-corrected chi connectivity index (χ0v) is 15.1. The summed E-state index contributed by atoms with van der Waals surface area (Å²) in [4.78, 5) is 9.43. The van der Waals surface area contributed by atoms with Gasteiger partial charge in [-0.1, -0.05) is 32.9 Å². The minimum atomic E-state index is -0.0537. The topological polar surface area (TPSA) is 37.8 Å². The molecule has 0 fully saturated rings. The molecule has 0 radical (unpaired) electrons. The Labute approximate surface area is 135 Å². The van der Waals surface area contributed by atoms with Crippen molar-refractivity contribution in [3.05, 3.63) is 39.5 Å².